The van der Waals surface area contributed by atoms with Crippen molar-refractivity contribution in [2.75, 3.05) is 13.6 Å². The molecule has 30 heavy (non-hydrogen) atoms. The minimum Gasteiger partial charge on any atom is -0.361 e. The van der Waals surface area contributed by atoms with E-state index in [1.165, 1.54) is 27.6 Å². The molecule has 0 bridgehead atoms. The molecule has 0 amide bonds. The van der Waals surface area contributed by atoms with Gasteiger partial charge in [0.05, 0.1) is 5.69 Å². The second kappa shape index (κ2) is 10.3. The minimum absolute atomic E-state index is 0. The largest absolute Gasteiger partial charge is 0.361 e. The Morgan fingerprint density at radius 1 is 1.13 bits per heavy atom. The highest BCUT2D eigenvalue weighted by Crippen LogP contribution is 2.21. The summed E-state index contributed by atoms with van der Waals surface area (Å²) in [5.41, 5.74) is 6.04. The Balaban J connectivity index is 0.00000256. The molecule has 3 N–H and O–H groups in total. The third-order valence-electron chi connectivity index (χ3n) is 5.06. The number of halogens is 1. The Bertz CT molecular complexity index is 1110. The van der Waals surface area contributed by atoms with Gasteiger partial charge in [0.2, 0.25) is 0 Å². The number of aromatic nitrogens is 3. The summed E-state index contributed by atoms with van der Waals surface area (Å²) >= 11 is 0. The van der Waals surface area contributed by atoms with Crippen LogP contribution < -0.4 is 10.6 Å². The van der Waals surface area contributed by atoms with Crippen LogP contribution in [0.25, 0.3) is 16.6 Å². The molecule has 4 rings (SSSR count). The second-order valence-electron chi connectivity index (χ2n) is 7.03. The summed E-state index contributed by atoms with van der Waals surface area (Å²) in [5.74, 6) is 0.797. The molecule has 2 aromatic heterocycles. The fourth-order valence-corrected chi connectivity index (χ4v) is 3.52. The van der Waals surface area contributed by atoms with Crippen molar-refractivity contribution in [2.45, 2.75) is 19.9 Å². The molecule has 2 aromatic carbocycles. The molecule has 156 valence electrons. The van der Waals surface area contributed by atoms with Crippen molar-refractivity contribution in [3.8, 4) is 5.69 Å². The van der Waals surface area contributed by atoms with Crippen LogP contribution in [0, 0.1) is 6.92 Å². The van der Waals surface area contributed by atoms with E-state index >= 15 is 0 Å². The van der Waals surface area contributed by atoms with E-state index in [1.54, 1.807) is 13.2 Å². The molecule has 0 fully saturated rings. The molecule has 0 unspecified atom stereocenters. The lowest BCUT2D eigenvalue weighted by Gasteiger charge is -2.12. The zero-order valence-electron chi connectivity index (χ0n) is 17.2. The van der Waals surface area contributed by atoms with E-state index in [2.05, 4.69) is 69.2 Å². The maximum absolute atomic E-state index is 4.34. The quantitative estimate of drug-likeness (QED) is 0.205. The molecule has 0 spiro atoms. The fourth-order valence-electron chi connectivity index (χ4n) is 3.52. The molecular formula is C23H27IN6. The zero-order valence-corrected chi connectivity index (χ0v) is 19.6. The van der Waals surface area contributed by atoms with Gasteiger partial charge >= 0.3 is 0 Å². The molecular weight excluding hydrogens is 487 g/mol. The smallest absolute Gasteiger partial charge is 0.191 e. The van der Waals surface area contributed by atoms with Crippen LogP contribution in [-0.4, -0.2) is 34.3 Å². The van der Waals surface area contributed by atoms with Crippen molar-refractivity contribution in [2.24, 2.45) is 4.99 Å². The average molecular weight is 514 g/mol. The van der Waals surface area contributed by atoms with Crippen molar-refractivity contribution in [1.82, 2.24) is 25.4 Å². The number of benzene rings is 2. The zero-order chi connectivity index (χ0) is 20.1. The van der Waals surface area contributed by atoms with Crippen molar-refractivity contribution in [1.29, 1.82) is 0 Å². The Labute approximate surface area is 193 Å². The normalized spacial score (nSPS) is 11.3. The summed E-state index contributed by atoms with van der Waals surface area (Å²) in [6.07, 6.45) is 6.76. The Morgan fingerprint density at radius 3 is 2.80 bits per heavy atom. The number of aliphatic imine (C=N–C) groups is 1. The lowest BCUT2D eigenvalue weighted by atomic mass is 10.1. The molecule has 0 radical (unpaired) electrons. The Kier molecular flexibility index (Phi) is 7.51. The number of H-pyrrole nitrogens is 1. The van der Waals surface area contributed by atoms with E-state index in [9.17, 15) is 0 Å². The maximum Gasteiger partial charge on any atom is 0.191 e. The summed E-state index contributed by atoms with van der Waals surface area (Å²) in [5, 5.41) is 12.4. The van der Waals surface area contributed by atoms with Gasteiger partial charge in [-0.3, -0.25) is 4.99 Å². The van der Waals surface area contributed by atoms with Gasteiger partial charge in [0.15, 0.2) is 5.96 Å². The van der Waals surface area contributed by atoms with Crippen molar-refractivity contribution >= 4 is 40.8 Å². The first-order valence-electron chi connectivity index (χ1n) is 9.83. The van der Waals surface area contributed by atoms with Crippen LogP contribution in [-0.2, 0) is 13.0 Å². The van der Waals surface area contributed by atoms with Crippen LogP contribution in [0.1, 0.15) is 16.7 Å². The van der Waals surface area contributed by atoms with Gasteiger partial charge in [0.25, 0.3) is 0 Å². The van der Waals surface area contributed by atoms with E-state index in [0.29, 0.717) is 6.54 Å². The number of aromatic amines is 1. The number of para-hydroxylation sites is 1. The Morgan fingerprint density at radius 2 is 2.00 bits per heavy atom. The summed E-state index contributed by atoms with van der Waals surface area (Å²) in [6.45, 7) is 3.64. The van der Waals surface area contributed by atoms with Crippen LogP contribution in [0.3, 0.4) is 0 Å². The number of nitrogens with one attached hydrogen (secondary N) is 3. The van der Waals surface area contributed by atoms with Crippen LogP contribution in [0.2, 0.25) is 0 Å². The monoisotopic (exact) mass is 514 g/mol. The summed E-state index contributed by atoms with van der Waals surface area (Å²) in [7, 11) is 1.80. The van der Waals surface area contributed by atoms with E-state index in [4.69, 9.17) is 0 Å². The number of hydrogen-bond acceptors (Lipinski definition) is 2. The van der Waals surface area contributed by atoms with Crippen molar-refractivity contribution in [3.05, 3.63) is 83.8 Å². The number of nitrogens with zero attached hydrogens (tertiary/aromatic N) is 3. The summed E-state index contributed by atoms with van der Waals surface area (Å²) < 4.78 is 1.86. The van der Waals surface area contributed by atoms with E-state index < -0.39 is 0 Å². The first kappa shape index (κ1) is 21.9. The second-order valence-corrected chi connectivity index (χ2v) is 7.03. The molecule has 6 nitrogen and oxygen atoms in total. The average Bonchev–Trinajstić information content (AvgIpc) is 3.42. The maximum atomic E-state index is 4.34. The van der Waals surface area contributed by atoms with Gasteiger partial charge in [-0.2, -0.15) is 5.10 Å². The molecule has 7 heteroatoms. The minimum atomic E-state index is 0. The van der Waals surface area contributed by atoms with Gasteiger partial charge < -0.3 is 15.6 Å². The standard InChI is InChI=1S/C23H26N6.HI/c1-17-6-3-9-21-19(16-26-22(17)21)10-12-25-23(24-2)27-15-18-7-4-8-20(14-18)29-13-5-11-28-29;/h3-9,11,13-14,16,26H,10,12,15H2,1-2H3,(H2,24,25,27);1H. The first-order valence-corrected chi connectivity index (χ1v) is 9.83. The first-order chi connectivity index (χ1) is 14.2. The van der Waals surface area contributed by atoms with E-state index in [0.717, 1.165) is 24.6 Å². The van der Waals surface area contributed by atoms with Gasteiger partial charge in [0, 0.05) is 49.6 Å². The lowest BCUT2D eigenvalue weighted by molar-refractivity contribution is 0.794. The molecule has 0 aliphatic rings. The van der Waals surface area contributed by atoms with Gasteiger partial charge in [-0.05, 0) is 48.2 Å². The number of rotatable bonds is 6. The molecule has 0 aliphatic carbocycles. The molecule has 0 saturated heterocycles. The SMILES string of the molecule is CN=C(NCCc1c[nH]c2c(C)cccc12)NCc1cccc(-n2cccn2)c1.I. The third-order valence-corrected chi connectivity index (χ3v) is 5.06. The van der Waals surface area contributed by atoms with Gasteiger partial charge in [-0.15, -0.1) is 24.0 Å². The van der Waals surface area contributed by atoms with Crippen LogP contribution in [0.4, 0.5) is 0 Å². The number of guanidine groups is 1. The van der Waals surface area contributed by atoms with Crippen LogP contribution >= 0.6 is 24.0 Å². The molecule has 0 aliphatic heterocycles. The third kappa shape index (κ3) is 5.02. The van der Waals surface area contributed by atoms with E-state index in [-0.39, 0.29) is 24.0 Å². The highest BCUT2D eigenvalue weighted by molar-refractivity contribution is 14.0. The highest BCUT2D eigenvalue weighted by atomic mass is 127. The molecule has 4 aromatic rings. The Hall–Kier alpha value is -2.81. The van der Waals surface area contributed by atoms with Crippen molar-refractivity contribution < 1.29 is 0 Å². The predicted octanol–water partition coefficient (Wildman–Crippen LogP) is 4.19. The number of fused-ring (bicyclic) bond motifs is 1. The highest BCUT2D eigenvalue weighted by Gasteiger charge is 2.06. The molecule has 0 atom stereocenters. The van der Waals surface area contributed by atoms with E-state index in [1.807, 2.05) is 29.1 Å². The predicted molar refractivity (Wildman–Crippen MR) is 134 cm³/mol. The number of aryl methyl sites for hydroxylation is 1. The van der Waals surface area contributed by atoms with Gasteiger partial charge in [0.1, 0.15) is 0 Å². The van der Waals surface area contributed by atoms with Crippen LogP contribution in [0.15, 0.2) is 72.1 Å². The van der Waals surface area contributed by atoms with Crippen molar-refractivity contribution in [3.63, 3.8) is 0 Å². The summed E-state index contributed by atoms with van der Waals surface area (Å²) in [6, 6.07) is 16.7. The topological polar surface area (TPSA) is 70.0 Å². The lowest BCUT2D eigenvalue weighted by Crippen LogP contribution is -2.37. The van der Waals surface area contributed by atoms with Gasteiger partial charge in [-0.25, -0.2) is 4.68 Å². The summed E-state index contributed by atoms with van der Waals surface area (Å²) in [4.78, 5) is 7.73. The van der Waals surface area contributed by atoms with Gasteiger partial charge in [-0.1, -0.05) is 30.3 Å². The molecule has 2 heterocycles. The van der Waals surface area contributed by atoms with Crippen LogP contribution in [0.5, 0.6) is 0 Å². The molecule has 0 saturated carbocycles. The number of hydrogen-bond donors (Lipinski definition) is 3. The fraction of sp³-hybridized carbons (Fsp3) is 0.217.